The summed E-state index contributed by atoms with van der Waals surface area (Å²) < 4.78 is 65.7. The molecule has 1 aromatic heterocycles. The Kier molecular flexibility index (Phi) is 14.3. The number of nitrogens with zero attached hydrogens (tertiary/aromatic N) is 4. The second-order valence-corrected chi connectivity index (χ2v) is 33.3. The molecule has 10 nitrogen and oxygen atoms in total. The molecule has 3 fully saturated rings. The van der Waals surface area contributed by atoms with Crippen molar-refractivity contribution in [3.63, 3.8) is 0 Å². The van der Waals surface area contributed by atoms with Crippen LogP contribution in [0.1, 0.15) is 114 Å². The number of aromatic nitrogens is 2. The summed E-state index contributed by atoms with van der Waals surface area (Å²) >= 11 is 0. The molecule has 3 aromatic carbocycles. The number of hydrogen-bond donors (Lipinski definition) is 0. The van der Waals surface area contributed by atoms with Gasteiger partial charge in [0.2, 0.25) is 0 Å². The molecule has 0 radical (unpaired) electrons. The van der Waals surface area contributed by atoms with E-state index in [1.807, 2.05) is 54.8 Å². The van der Waals surface area contributed by atoms with E-state index in [4.69, 9.17) is 33.3 Å². The predicted molar refractivity (Wildman–Crippen MR) is 270 cm³/mol. The van der Waals surface area contributed by atoms with Gasteiger partial charge in [-0.2, -0.15) is 9.97 Å². The lowest BCUT2D eigenvalue weighted by Crippen LogP contribution is -2.57. The number of carbonyl (C=O) groups excluding carboxylic acids is 1. The van der Waals surface area contributed by atoms with E-state index in [9.17, 15) is 4.79 Å². The maximum absolute atomic E-state index is 18.0. The van der Waals surface area contributed by atoms with E-state index in [0.29, 0.717) is 71.0 Å². The van der Waals surface area contributed by atoms with Crippen LogP contribution in [0.15, 0.2) is 36.4 Å². The Hall–Kier alpha value is -4.30. The molecule has 2 unspecified atom stereocenters. The molecule has 1 saturated carbocycles. The van der Waals surface area contributed by atoms with Crippen LogP contribution < -0.4 is 14.4 Å². The first-order valence-corrected chi connectivity index (χ1v) is 29.4. The molecule has 3 aliphatic rings. The van der Waals surface area contributed by atoms with Crippen LogP contribution in [-0.2, 0) is 13.9 Å². The monoisotopic (exact) mass is 957 g/mol. The summed E-state index contributed by atoms with van der Waals surface area (Å²) in [7, 11) is -2.71. The molecule has 0 N–H and O–H groups in total. The highest BCUT2D eigenvalue weighted by Gasteiger charge is 2.48. The lowest BCUT2D eigenvalue weighted by atomic mass is 9.93. The third-order valence-electron chi connectivity index (χ3n) is 15.1. The Morgan fingerprint density at radius 1 is 0.896 bits per heavy atom. The summed E-state index contributed by atoms with van der Waals surface area (Å²) in [5.41, 5.74) is 4.80. The smallest absolute Gasteiger partial charge is 0.410 e. The van der Waals surface area contributed by atoms with Gasteiger partial charge in [0.25, 0.3) is 0 Å². The van der Waals surface area contributed by atoms with Crippen LogP contribution in [0.4, 0.5) is 19.4 Å². The number of piperazine rings is 1. The largest absolute Gasteiger partial charge is 0.468 e. The summed E-state index contributed by atoms with van der Waals surface area (Å²) in [6, 6.07) is 10.3. The van der Waals surface area contributed by atoms with E-state index < -0.39 is 33.6 Å². The Balaban J connectivity index is 1.38. The number of fused-ring (bicyclic) bond motifs is 4. The molecule has 2 atom stereocenters. The number of ether oxygens (including phenoxy) is 4. The first-order valence-electron chi connectivity index (χ1n) is 24.3. The van der Waals surface area contributed by atoms with Crippen LogP contribution in [0, 0.1) is 28.5 Å². The average Bonchev–Trinajstić information content (AvgIpc) is 3.96. The fourth-order valence-corrected chi connectivity index (χ4v) is 16.5. The molecule has 2 aliphatic heterocycles. The zero-order chi connectivity index (χ0) is 49.0. The van der Waals surface area contributed by atoms with Crippen molar-refractivity contribution in [3.8, 4) is 34.4 Å². The van der Waals surface area contributed by atoms with Crippen LogP contribution >= 0.6 is 0 Å². The van der Waals surface area contributed by atoms with Gasteiger partial charge in [-0.25, -0.2) is 13.6 Å². The van der Waals surface area contributed by atoms with Crippen molar-refractivity contribution >= 4 is 50.0 Å². The molecule has 14 heteroatoms. The summed E-state index contributed by atoms with van der Waals surface area (Å²) in [5.74, 6) is 2.72. The predicted octanol–water partition coefficient (Wildman–Crippen LogP) is 13.0. The topological polar surface area (TPSA) is 95.5 Å². The highest BCUT2D eigenvalue weighted by molar-refractivity contribution is 6.90. The molecule has 1 amide bonds. The SMILES string of the molecule is COCOc1cc(-c2c(F)cc3c(N4CC5CCC(C4)N5C(=O)OC(C)(C)C)nc(OCC4(CO[Si](C)(C)C(C)(C)C)CC4)nc3c2F)c2c(C#C[Si](C(C)C)(C(C)C)C(C)C)cccc2c1. The summed E-state index contributed by atoms with van der Waals surface area (Å²) in [4.78, 5) is 27.1. The minimum absolute atomic E-state index is 0.00502. The van der Waals surface area contributed by atoms with Crippen LogP contribution in [0.3, 0.4) is 0 Å². The van der Waals surface area contributed by atoms with E-state index in [1.54, 1.807) is 6.07 Å². The zero-order valence-electron chi connectivity index (χ0n) is 42.7. The highest BCUT2D eigenvalue weighted by Crippen LogP contribution is 2.49. The minimum Gasteiger partial charge on any atom is -0.468 e. The second-order valence-electron chi connectivity index (χ2n) is 22.9. The Morgan fingerprint density at radius 2 is 1.54 bits per heavy atom. The molecule has 2 saturated heterocycles. The molecule has 4 aromatic rings. The van der Waals surface area contributed by atoms with E-state index in [0.717, 1.165) is 31.1 Å². The van der Waals surface area contributed by atoms with E-state index >= 15 is 8.78 Å². The standard InChI is InChI=1S/C53H74F2N4O6Si2/c1-33(2)67(34(3)4,35(5)6)24-21-36-17-16-18-37-25-40(63-32-61-13)26-41(44(36)37)45-43(54)27-42-47(46(45)55)56-49(62-30-53(22-23-53)31-64-66(14,15)52(10,11)12)57-48(42)58-28-38-19-20-39(29-58)59(38)50(60)65-51(7,8)9/h16-18,25-27,33-35,38-39H,19-20,22-23,28-32H2,1-15H3. The summed E-state index contributed by atoms with van der Waals surface area (Å²) in [6.07, 6.45) is 3.04. The quantitative estimate of drug-likeness (QED) is 0.0695. The van der Waals surface area contributed by atoms with Crippen molar-refractivity contribution < 1.29 is 36.9 Å². The van der Waals surface area contributed by atoms with Crippen LogP contribution in [0.5, 0.6) is 11.8 Å². The highest BCUT2D eigenvalue weighted by atomic mass is 28.4. The van der Waals surface area contributed by atoms with Crippen LogP contribution in [-0.4, -0.2) is 95.2 Å². The number of hydrogen-bond acceptors (Lipinski definition) is 9. The first-order chi connectivity index (χ1) is 31.3. The zero-order valence-corrected chi connectivity index (χ0v) is 44.7. The van der Waals surface area contributed by atoms with E-state index in [2.05, 4.69) is 86.9 Å². The fourth-order valence-electron chi connectivity index (χ4n) is 10.2. The Morgan fingerprint density at radius 3 is 2.10 bits per heavy atom. The van der Waals surface area contributed by atoms with Gasteiger partial charge in [-0.15, -0.1) is 5.54 Å². The molecule has 67 heavy (non-hydrogen) atoms. The lowest BCUT2D eigenvalue weighted by Gasteiger charge is -2.42. The molecule has 0 spiro atoms. The Labute approximate surface area is 400 Å². The maximum atomic E-state index is 18.0. The minimum atomic E-state index is -2.20. The van der Waals surface area contributed by atoms with E-state index in [1.165, 1.54) is 13.2 Å². The number of amides is 1. The van der Waals surface area contributed by atoms with Gasteiger partial charge in [0.05, 0.1) is 24.3 Å². The van der Waals surface area contributed by atoms with Gasteiger partial charge in [0.15, 0.2) is 20.9 Å². The number of benzene rings is 3. The third-order valence-corrected chi connectivity index (χ3v) is 25.8. The van der Waals surface area contributed by atoms with Crippen molar-refractivity contribution in [2.45, 2.75) is 161 Å². The molecule has 2 bridgehead atoms. The summed E-state index contributed by atoms with van der Waals surface area (Å²) in [6.45, 7) is 31.9. The molecular weight excluding hydrogens is 883 g/mol. The Bertz CT molecular complexity index is 2520. The van der Waals surface area contributed by atoms with Gasteiger partial charge >= 0.3 is 12.1 Å². The van der Waals surface area contributed by atoms with Gasteiger partial charge in [-0.3, -0.25) is 4.90 Å². The molecule has 364 valence electrons. The van der Waals surface area contributed by atoms with Crippen molar-refractivity contribution in [2.24, 2.45) is 5.41 Å². The van der Waals surface area contributed by atoms with Crippen molar-refractivity contribution in [1.82, 2.24) is 14.9 Å². The van der Waals surface area contributed by atoms with Crippen molar-refractivity contribution in [1.29, 1.82) is 0 Å². The van der Waals surface area contributed by atoms with Gasteiger partial charge < -0.3 is 28.3 Å². The molecule has 3 heterocycles. The number of halogens is 2. The normalized spacial score (nSPS) is 18.6. The van der Waals surface area contributed by atoms with Gasteiger partial charge in [0, 0.05) is 54.1 Å². The average molecular weight is 957 g/mol. The molecular formula is C53H74F2N4O6Si2. The molecule has 7 rings (SSSR count). The number of anilines is 1. The number of carbonyl (C=O) groups is 1. The number of methoxy groups -OCH3 is 1. The maximum Gasteiger partial charge on any atom is 0.410 e. The van der Waals surface area contributed by atoms with Gasteiger partial charge in [0.1, 0.15) is 36.6 Å². The van der Waals surface area contributed by atoms with E-state index in [-0.39, 0.29) is 57.9 Å². The van der Waals surface area contributed by atoms with Crippen molar-refractivity contribution in [3.05, 3.63) is 53.6 Å². The molecule has 1 aliphatic carbocycles. The van der Waals surface area contributed by atoms with Gasteiger partial charge in [-0.1, -0.05) is 80.4 Å². The third kappa shape index (κ3) is 10.2. The lowest BCUT2D eigenvalue weighted by molar-refractivity contribution is 0.0122. The van der Waals surface area contributed by atoms with Crippen LogP contribution in [0.2, 0.25) is 34.8 Å². The van der Waals surface area contributed by atoms with Gasteiger partial charge in [-0.05, 0) is 111 Å². The second kappa shape index (κ2) is 18.9. The van der Waals surface area contributed by atoms with Crippen molar-refractivity contribution in [2.75, 3.05) is 45.1 Å². The van der Waals surface area contributed by atoms with Crippen LogP contribution in [0.25, 0.3) is 32.8 Å². The number of rotatable bonds is 14. The fraction of sp³-hybridized carbons (Fsp3) is 0.604. The summed E-state index contributed by atoms with van der Waals surface area (Å²) in [5, 5.41) is 1.61. The first kappa shape index (κ1) is 50.6.